The molecule has 0 unspecified atom stereocenters. The largest absolute Gasteiger partial charge is 0.494 e. The van der Waals surface area contributed by atoms with E-state index in [2.05, 4.69) is 10.2 Å². The predicted octanol–water partition coefficient (Wildman–Crippen LogP) is 3.20. The highest BCUT2D eigenvalue weighted by atomic mass is 32.2. The Balaban J connectivity index is 1.36. The molecule has 0 bridgehead atoms. The van der Waals surface area contributed by atoms with E-state index in [9.17, 15) is 4.79 Å². The van der Waals surface area contributed by atoms with Crippen molar-refractivity contribution in [3.63, 3.8) is 0 Å². The average Bonchev–Trinajstić information content (AvgIpc) is 2.78. The quantitative estimate of drug-likeness (QED) is 0.553. The minimum absolute atomic E-state index is 0.00697. The van der Waals surface area contributed by atoms with Crippen molar-refractivity contribution in [3.05, 3.63) is 54.1 Å². The van der Waals surface area contributed by atoms with E-state index in [1.807, 2.05) is 55.5 Å². The molecule has 2 aromatic carbocycles. The summed E-state index contributed by atoms with van der Waals surface area (Å²) in [6.07, 6.45) is 0. The number of thioether (sulfide) groups is 1. The Hall–Kier alpha value is -2.22. The molecule has 7 heteroatoms. The molecule has 1 aliphatic rings. The molecule has 2 aromatic rings. The van der Waals surface area contributed by atoms with Crippen LogP contribution in [-0.4, -0.2) is 62.6 Å². The topological polar surface area (TPSA) is 60.0 Å². The fraction of sp³-hybridized carbons (Fsp3) is 0.435. The van der Waals surface area contributed by atoms with Gasteiger partial charge < -0.3 is 19.5 Å². The number of rotatable bonds is 11. The standard InChI is InChI=1S/C23H30N2O4S/c1-2-28-20-6-8-22(9-7-20)30-18-23(26)24-17-19-4-3-5-21(16-19)29-15-12-25-10-13-27-14-11-25/h3-9,16H,2,10-15,17-18H2,1H3,(H,24,26). The van der Waals surface area contributed by atoms with Gasteiger partial charge in [-0.1, -0.05) is 12.1 Å². The normalized spacial score (nSPS) is 14.3. The minimum atomic E-state index is 0.00697. The third-order valence-electron chi connectivity index (χ3n) is 4.67. The molecule has 0 saturated carbocycles. The molecule has 0 spiro atoms. The van der Waals surface area contributed by atoms with Crippen LogP contribution < -0.4 is 14.8 Å². The van der Waals surface area contributed by atoms with E-state index >= 15 is 0 Å². The van der Waals surface area contributed by atoms with Gasteiger partial charge in [-0.25, -0.2) is 0 Å². The van der Waals surface area contributed by atoms with Crippen LogP contribution in [0.25, 0.3) is 0 Å². The molecule has 0 radical (unpaired) electrons. The first-order chi connectivity index (χ1) is 14.7. The molecule has 0 atom stereocenters. The minimum Gasteiger partial charge on any atom is -0.494 e. The number of nitrogens with zero attached hydrogens (tertiary/aromatic N) is 1. The molecule has 1 amide bonds. The van der Waals surface area contributed by atoms with Crippen molar-refractivity contribution in [2.45, 2.75) is 18.4 Å². The molecule has 6 nitrogen and oxygen atoms in total. The van der Waals surface area contributed by atoms with Crippen LogP contribution in [0.1, 0.15) is 12.5 Å². The maximum absolute atomic E-state index is 12.2. The summed E-state index contributed by atoms with van der Waals surface area (Å²) in [6, 6.07) is 15.7. The zero-order chi connectivity index (χ0) is 21.0. The summed E-state index contributed by atoms with van der Waals surface area (Å²) in [4.78, 5) is 15.6. The highest BCUT2D eigenvalue weighted by Crippen LogP contribution is 2.21. The van der Waals surface area contributed by atoms with Crippen LogP contribution in [0.3, 0.4) is 0 Å². The molecule has 0 aliphatic carbocycles. The van der Waals surface area contributed by atoms with Gasteiger partial charge in [0.2, 0.25) is 5.91 Å². The van der Waals surface area contributed by atoms with E-state index in [1.165, 1.54) is 11.8 Å². The smallest absolute Gasteiger partial charge is 0.230 e. The van der Waals surface area contributed by atoms with Gasteiger partial charge in [0.25, 0.3) is 0 Å². The second-order valence-electron chi connectivity index (χ2n) is 6.92. The second-order valence-corrected chi connectivity index (χ2v) is 7.97. The van der Waals surface area contributed by atoms with Gasteiger partial charge in [0.15, 0.2) is 0 Å². The monoisotopic (exact) mass is 430 g/mol. The number of nitrogens with one attached hydrogen (secondary N) is 1. The average molecular weight is 431 g/mol. The number of carbonyl (C=O) groups is 1. The van der Waals surface area contributed by atoms with Crippen molar-refractivity contribution in [3.8, 4) is 11.5 Å². The highest BCUT2D eigenvalue weighted by molar-refractivity contribution is 8.00. The van der Waals surface area contributed by atoms with E-state index in [1.54, 1.807) is 0 Å². The lowest BCUT2D eigenvalue weighted by Gasteiger charge is -2.26. The van der Waals surface area contributed by atoms with Gasteiger partial charge in [-0.3, -0.25) is 9.69 Å². The first kappa shape index (κ1) is 22.5. The van der Waals surface area contributed by atoms with Gasteiger partial charge in [-0.15, -0.1) is 11.8 Å². The summed E-state index contributed by atoms with van der Waals surface area (Å²) < 4.78 is 16.7. The summed E-state index contributed by atoms with van der Waals surface area (Å²) in [7, 11) is 0. The summed E-state index contributed by atoms with van der Waals surface area (Å²) >= 11 is 1.51. The zero-order valence-electron chi connectivity index (χ0n) is 17.5. The molecule has 1 fully saturated rings. The Morgan fingerprint density at radius 3 is 2.67 bits per heavy atom. The Labute approximate surface area is 182 Å². The maximum atomic E-state index is 12.2. The third kappa shape index (κ3) is 7.89. The van der Waals surface area contributed by atoms with Crippen LogP contribution >= 0.6 is 11.8 Å². The van der Waals surface area contributed by atoms with Crippen LogP contribution in [0.15, 0.2) is 53.4 Å². The molecular weight excluding hydrogens is 400 g/mol. The highest BCUT2D eigenvalue weighted by Gasteiger charge is 2.10. The lowest BCUT2D eigenvalue weighted by molar-refractivity contribution is -0.118. The number of ether oxygens (including phenoxy) is 3. The van der Waals surface area contributed by atoms with Crippen LogP contribution in [-0.2, 0) is 16.1 Å². The first-order valence-electron chi connectivity index (χ1n) is 10.4. The van der Waals surface area contributed by atoms with Crippen molar-refractivity contribution in [1.29, 1.82) is 0 Å². The predicted molar refractivity (Wildman–Crippen MR) is 119 cm³/mol. The molecule has 1 heterocycles. The van der Waals surface area contributed by atoms with Crippen LogP contribution in [0.2, 0.25) is 0 Å². The number of hydrogen-bond donors (Lipinski definition) is 1. The Kier molecular flexibility index (Phi) is 9.34. The van der Waals surface area contributed by atoms with Crippen molar-refractivity contribution in [1.82, 2.24) is 10.2 Å². The van der Waals surface area contributed by atoms with E-state index in [0.29, 0.717) is 25.5 Å². The Morgan fingerprint density at radius 1 is 1.10 bits per heavy atom. The molecular formula is C23H30N2O4S. The molecule has 3 rings (SSSR count). The van der Waals surface area contributed by atoms with Gasteiger partial charge in [0.05, 0.1) is 25.6 Å². The molecule has 30 heavy (non-hydrogen) atoms. The van der Waals surface area contributed by atoms with E-state index in [4.69, 9.17) is 14.2 Å². The van der Waals surface area contributed by atoms with Crippen LogP contribution in [0.5, 0.6) is 11.5 Å². The summed E-state index contributed by atoms with van der Waals surface area (Å²) in [5.74, 6) is 2.06. The van der Waals surface area contributed by atoms with Gasteiger partial charge in [-0.05, 0) is 48.9 Å². The van der Waals surface area contributed by atoms with Crippen molar-refractivity contribution >= 4 is 17.7 Å². The first-order valence-corrected chi connectivity index (χ1v) is 11.4. The summed E-state index contributed by atoms with van der Waals surface area (Å²) in [5, 5.41) is 2.97. The van der Waals surface area contributed by atoms with E-state index in [-0.39, 0.29) is 5.91 Å². The summed E-state index contributed by atoms with van der Waals surface area (Å²) in [5.41, 5.74) is 1.03. The van der Waals surface area contributed by atoms with Crippen molar-refractivity contribution < 1.29 is 19.0 Å². The molecule has 1 saturated heterocycles. The van der Waals surface area contributed by atoms with Crippen molar-refractivity contribution in [2.75, 3.05) is 51.8 Å². The molecule has 162 valence electrons. The fourth-order valence-corrected chi connectivity index (χ4v) is 3.79. The maximum Gasteiger partial charge on any atom is 0.230 e. The number of benzene rings is 2. The Bertz CT molecular complexity index is 779. The second kappa shape index (κ2) is 12.5. The van der Waals surface area contributed by atoms with E-state index < -0.39 is 0 Å². The van der Waals surface area contributed by atoms with Crippen LogP contribution in [0, 0.1) is 0 Å². The SMILES string of the molecule is CCOc1ccc(SCC(=O)NCc2cccc(OCCN3CCOCC3)c2)cc1. The fourth-order valence-electron chi connectivity index (χ4n) is 3.06. The van der Waals surface area contributed by atoms with Crippen LogP contribution in [0.4, 0.5) is 0 Å². The van der Waals surface area contributed by atoms with Gasteiger partial charge in [-0.2, -0.15) is 0 Å². The van der Waals surface area contributed by atoms with Gasteiger partial charge >= 0.3 is 0 Å². The van der Waals surface area contributed by atoms with Gasteiger partial charge in [0, 0.05) is 31.1 Å². The third-order valence-corrected chi connectivity index (χ3v) is 5.68. The molecule has 1 N–H and O–H groups in total. The number of morpholine rings is 1. The number of amides is 1. The zero-order valence-corrected chi connectivity index (χ0v) is 18.3. The molecule has 1 aliphatic heterocycles. The number of hydrogen-bond acceptors (Lipinski definition) is 6. The summed E-state index contributed by atoms with van der Waals surface area (Å²) in [6.45, 7) is 8.16. The lowest BCUT2D eigenvalue weighted by atomic mass is 10.2. The lowest BCUT2D eigenvalue weighted by Crippen LogP contribution is -2.38. The molecule has 0 aromatic heterocycles. The number of carbonyl (C=O) groups excluding carboxylic acids is 1. The Morgan fingerprint density at radius 2 is 1.90 bits per heavy atom. The van der Waals surface area contributed by atoms with E-state index in [0.717, 1.165) is 54.8 Å². The van der Waals surface area contributed by atoms with Gasteiger partial charge in [0.1, 0.15) is 18.1 Å². The van der Waals surface area contributed by atoms with Crippen molar-refractivity contribution in [2.24, 2.45) is 0 Å².